The van der Waals surface area contributed by atoms with E-state index in [0.29, 0.717) is 19.7 Å². The van der Waals surface area contributed by atoms with Crippen molar-refractivity contribution in [2.24, 2.45) is 5.41 Å². The van der Waals surface area contributed by atoms with E-state index in [1.54, 1.807) is 0 Å². The van der Waals surface area contributed by atoms with Gasteiger partial charge in [0.15, 0.2) is 0 Å². The van der Waals surface area contributed by atoms with Crippen LogP contribution in [-0.2, 0) is 23.3 Å². The molecule has 0 saturated carbocycles. The smallest absolute Gasteiger partial charge is 0.225 e. The van der Waals surface area contributed by atoms with Crippen molar-refractivity contribution in [3.63, 3.8) is 0 Å². The van der Waals surface area contributed by atoms with E-state index in [-0.39, 0.29) is 11.3 Å². The zero-order valence-corrected chi connectivity index (χ0v) is 19.0. The fourth-order valence-electron chi connectivity index (χ4n) is 3.24. The molecule has 0 radical (unpaired) electrons. The van der Waals surface area contributed by atoms with Gasteiger partial charge in [-0.3, -0.25) is 4.79 Å². The van der Waals surface area contributed by atoms with Crippen LogP contribution in [0.5, 0.6) is 5.75 Å². The number of benzene rings is 2. The first-order valence-corrected chi connectivity index (χ1v) is 10.5. The highest BCUT2D eigenvalue weighted by Gasteiger charge is 2.21. The van der Waals surface area contributed by atoms with Crippen molar-refractivity contribution < 1.29 is 9.53 Å². The average molecular weight is 408 g/mol. The topological polar surface area (TPSA) is 56.2 Å². The number of carbonyl (C=O) groups is 1. The zero-order valence-electron chi connectivity index (χ0n) is 19.0. The van der Waals surface area contributed by atoms with Crippen LogP contribution in [0.25, 0.3) is 11.0 Å². The number of nitrogens with one attached hydrogen (secondary N) is 1. The highest BCUT2D eigenvalue weighted by molar-refractivity contribution is 5.81. The highest BCUT2D eigenvalue weighted by Crippen LogP contribution is 2.24. The van der Waals surface area contributed by atoms with Crippen molar-refractivity contribution in [2.45, 2.75) is 60.0 Å². The number of hydrogen-bond donors (Lipinski definition) is 1. The largest absolute Gasteiger partial charge is 0.492 e. The third kappa shape index (κ3) is 5.21. The number of amides is 1. The summed E-state index contributed by atoms with van der Waals surface area (Å²) < 4.78 is 8.12. The maximum atomic E-state index is 12.3. The van der Waals surface area contributed by atoms with E-state index in [4.69, 9.17) is 9.72 Å². The maximum absolute atomic E-state index is 12.3. The molecule has 0 aliphatic heterocycles. The molecule has 5 heteroatoms. The summed E-state index contributed by atoms with van der Waals surface area (Å²) in [6, 6.07) is 16.3. The van der Waals surface area contributed by atoms with Crippen LogP contribution >= 0.6 is 0 Å². The van der Waals surface area contributed by atoms with Gasteiger partial charge in [-0.2, -0.15) is 0 Å². The molecule has 0 bridgehead atoms. The monoisotopic (exact) mass is 407 g/mol. The summed E-state index contributed by atoms with van der Waals surface area (Å²) in [4.78, 5) is 17.0. The van der Waals surface area contributed by atoms with E-state index in [0.717, 1.165) is 22.6 Å². The van der Waals surface area contributed by atoms with Gasteiger partial charge in [0.1, 0.15) is 18.2 Å². The summed E-state index contributed by atoms with van der Waals surface area (Å²) in [6.45, 7) is 13.9. The van der Waals surface area contributed by atoms with Crippen molar-refractivity contribution >= 4 is 16.9 Å². The lowest BCUT2D eigenvalue weighted by Gasteiger charge is -2.19. The van der Waals surface area contributed by atoms with Crippen molar-refractivity contribution in [1.82, 2.24) is 14.9 Å². The van der Waals surface area contributed by atoms with E-state index >= 15 is 0 Å². The predicted octanol–water partition coefficient (Wildman–Crippen LogP) is 5.08. The molecule has 0 aliphatic carbocycles. The molecule has 0 saturated heterocycles. The Morgan fingerprint density at radius 3 is 2.30 bits per heavy atom. The fraction of sp³-hybridized carbons (Fsp3) is 0.440. The predicted molar refractivity (Wildman–Crippen MR) is 122 cm³/mol. The van der Waals surface area contributed by atoms with E-state index in [1.807, 2.05) is 51.1 Å². The summed E-state index contributed by atoms with van der Waals surface area (Å²) in [5, 5.41) is 3.01. The Morgan fingerprint density at radius 2 is 1.67 bits per heavy atom. The summed E-state index contributed by atoms with van der Waals surface area (Å²) in [6.07, 6.45) is 0. The van der Waals surface area contributed by atoms with Gasteiger partial charge in [0.05, 0.1) is 24.1 Å². The van der Waals surface area contributed by atoms with Crippen LogP contribution in [0.15, 0.2) is 48.5 Å². The maximum Gasteiger partial charge on any atom is 0.225 e. The van der Waals surface area contributed by atoms with Crippen molar-refractivity contribution in [3.05, 3.63) is 59.9 Å². The Kier molecular flexibility index (Phi) is 6.20. The minimum absolute atomic E-state index is 0.0105. The normalized spacial score (nSPS) is 12.2. The number of hydrogen-bond acceptors (Lipinski definition) is 3. The highest BCUT2D eigenvalue weighted by atomic mass is 16.5. The molecule has 0 fully saturated rings. The molecule has 1 heterocycles. The molecule has 160 valence electrons. The van der Waals surface area contributed by atoms with Crippen molar-refractivity contribution in [2.75, 3.05) is 6.61 Å². The number of aromatic nitrogens is 2. The SMILES string of the molecule is CC(C)(C)C(=O)NCc1nc2ccccc2n1CCOc1ccc(C(C)(C)C)cc1. The number of nitrogens with zero attached hydrogens (tertiary/aromatic N) is 2. The van der Waals surface area contributed by atoms with E-state index in [1.165, 1.54) is 5.56 Å². The van der Waals surface area contributed by atoms with Crippen LogP contribution in [0.1, 0.15) is 52.9 Å². The summed E-state index contributed by atoms with van der Waals surface area (Å²) in [5.41, 5.74) is 2.95. The molecule has 30 heavy (non-hydrogen) atoms. The summed E-state index contributed by atoms with van der Waals surface area (Å²) in [5.74, 6) is 1.70. The molecule has 0 unspecified atom stereocenters. The van der Waals surface area contributed by atoms with Gasteiger partial charge in [-0.15, -0.1) is 0 Å². The molecule has 3 aromatic rings. The molecule has 3 rings (SSSR count). The van der Waals surface area contributed by atoms with Crippen LogP contribution in [0.4, 0.5) is 0 Å². The molecule has 0 spiro atoms. The van der Waals surface area contributed by atoms with Crippen LogP contribution in [0.3, 0.4) is 0 Å². The van der Waals surface area contributed by atoms with E-state index in [9.17, 15) is 4.79 Å². The zero-order chi connectivity index (χ0) is 21.9. The number of imidazole rings is 1. The molecule has 1 amide bonds. The number of para-hydroxylation sites is 2. The first-order valence-electron chi connectivity index (χ1n) is 10.5. The number of ether oxygens (including phenoxy) is 1. The number of carbonyl (C=O) groups excluding carboxylic acids is 1. The average Bonchev–Trinajstić information content (AvgIpc) is 3.03. The van der Waals surface area contributed by atoms with Crippen LogP contribution in [0, 0.1) is 5.41 Å². The van der Waals surface area contributed by atoms with E-state index in [2.05, 4.69) is 48.9 Å². The van der Waals surface area contributed by atoms with Crippen molar-refractivity contribution in [3.8, 4) is 5.75 Å². The van der Waals surface area contributed by atoms with Gasteiger partial charge in [0.25, 0.3) is 0 Å². The summed E-state index contributed by atoms with van der Waals surface area (Å²) >= 11 is 0. The second kappa shape index (κ2) is 8.50. The molecule has 1 aromatic heterocycles. The minimum Gasteiger partial charge on any atom is -0.492 e. The lowest BCUT2D eigenvalue weighted by atomic mass is 9.87. The van der Waals surface area contributed by atoms with Gasteiger partial charge in [0, 0.05) is 5.41 Å². The standard InChI is InChI=1S/C25H33N3O2/c1-24(2,3)18-11-13-19(14-12-18)30-16-15-28-21-10-8-7-9-20(21)27-22(28)17-26-23(29)25(4,5)6/h7-14H,15-17H2,1-6H3,(H,26,29). The van der Waals surface area contributed by atoms with Gasteiger partial charge in [-0.25, -0.2) is 4.98 Å². The second-order valence-electron chi connectivity index (χ2n) is 9.72. The Hall–Kier alpha value is -2.82. The lowest BCUT2D eigenvalue weighted by Crippen LogP contribution is -2.35. The van der Waals surface area contributed by atoms with Crippen LogP contribution in [0.2, 0.25) is 0 Å². The first kappa shape index (κ1) is 21.9. The van der Waals surface area contributed by atoms with Crippen LogP contribution in [-0.4, -0.2) is 22.1 Å². The molecule has 1 N–H and O–H groups in total. The van der Waals surface area contributed by atoms with Gasteiger partial charge in [0.2, 0.25) is 5.91 Å². The molecular formula is C25H33N3O2. The Labute approximate surface area is 179 Å². The lowest BCUT2D eigenvalue weighted by molar-refractivity contribution is -0.128. The van der Waals surface area contributed by atoms with Gasteiger partial charge >= 0.3 is 0 Å². The molecule has 2 aromatic carbocycles. The van der Waals surface area contributed by atoms with Gasteiger partial charge in [-0.05, 0) is 35.2 Å². The second-order valence-corrected chi connectivity index (χ2v) is 9.72. The molecule has 0 aliphatic rings. The van der Waals surface area contributed by atoms with Gasteiger partial charge < -0.3 is 14.6 Å². The summed E-state index contributed by atoms with van der Waals surface area (Å²) in [7, 11) is 0. The Morgan fingerprint density at radius 1 is 1.00 bits per heavy atom. The van der Waals surface area contributed by atoms with Crippen LogP contribution < -0.4 is 10.1 Å². The molecule has 0 atom stereocenters. The van der Waals surface area contributed by atoms with Crippen molar-refractivity contribution in [1.29, 1.82) is 0 Å². The third-order valence-corrected chi connectivity index (χ3v) is 5.13. The molecular weight excluding hydrogens is 374 g/mol. The fourth-order valence-corrected chi connectivity index (χ4v) is 3.24. The Bertz CT molecular complexity index is 1010. The van der Waals surface area contributed by atoms with Gasteiger partial charge in [-0.1, -0.05) is 65.8 Å². The minimum atomic E-state index is -0.431. The third-order valence-electron chi connectivity index (χ3n) is 5.13. The van der Waals surface area contributed by atoms with E-state index < -0.39 is 5.41 Å². The Balaban J connectivity index is 1.71. The first-order chi connectivity index (χ1) is 14.1. The number of fused-ring (bicyclic) bond motifs is 1. The number of rotatable bonds is 6. The molecule has 5 nitrogen and oxygen atoms in total. The quantitative estimate of drug-likeness (QED) is 0.620.